The number of rotatable bonds is 6. The van der Waals surface area contributed by atoms with E-state index in [1.165, 1.54) is 29.9 Å². The molecule has 1 amide bonds. The fraction of sp³-hybridized carbons (Fsp3) is 0.571. The van der Waals surface area contributed by atoms with Crippen LogP contribution in [-0.2, 0) is 11.3 Å². The summed E-state index contributed by atoms with van der Waals surface area (Å²) < 4.78 is 1.44. The summed E-state index contributed by atoms with van der Waals surface area (Å²) in [7, 11) is 0. The molecule has 1 fully saturated rings. The standard InChI is InChI=1S/C14H21N3O3/c18-13(11-17-9-4-5-12(17)14(19)20)15-6-10-16-7-2-1-3-8-16/h4-5,9H,1-3,6-8,10-11H2,(H,15,18)(H,19,20). The Morgan fingerprint density at radius 2 is 2.00 bits per heavy atom. The van der Waals surface area contributed by atoms with Gasteiger partial charge in [0.2, 0.25) is 5.91 Å². The van der Waals surface area contributed by atoms with Gasteiger partial charge >= 0.3 is 5.97 Å². The number of carbonyl (C=O) groups is 2. The molecule has 0 bridgehead atoms. The maximum Gasteiger partial charge on any atom is 0.352 e. The Morgan fingerprint density at radius 1 is 1.25 bits per heavy atom. The number of aromatic carboxylic acids is 1. The minimum absolute atomic E-state index is 0.0502. The van der Waals surface area contributed by atoms with Gasteiger partial charge in [0.1, 0.15) is 12.2 Å². The lowest BCUT2D eigenvalue weighted by molar-refractivity contribution is -0.121. The van der Waals surface area contributed by atoms with Crippen molar-refractivity contribution in [1.29, 1.82) is 0 Å². The van der Waals surface area contributed by atoms with E-state index in [0.29, 0.717) is 6.54 Å². The third-order valence-electron chi connectivity index (χ3n) is 3.56. The molecule has 1 saturated heterocycles. The van der Waals surface area contributed by atoms with Gasteiger partial charge in [-0.1, -0.05) is 6.42 Å². The van der Waals surface area contributed by atoms with E-state index in [1.807, 2.05) is 0 Å². The van der Waals surface area contributed by atoms with Crippen molar-refractivity contribution >= 4 is 11.9 Å². The Kier molecular flexibility index (Phi) is 5.17. The molecule has 20 heavy (non-hydrogen) atoms. The summed E-state index contributed by atoms with van der Waals surface area (Å²) in [5, 5.41) is 11.8. The van der Waals surface area contributed by atoms with Gasteiger partial charge in [0, 0.05) is 19.3 Å². The van der Waals surface area contributed by atoms with Gasteiger partial charge in [-0.15, -0.1) is 0 Å². The van der Waals surface area contributed by atoms with Gasteiger partial charge in [0.15, 0.2) is 0 Å². The Labute approximate surface area is 118 Å². The largest absolute Gasteiger partial charge is 0.477 e. The molecule has 1 aliphatic heterocycles. The van der Waals surface area contributed by atoms with Crippen molar-refractivity contribution in [1.82, 2.24) is 14.8 Å². The average Bonchev–Trinajstić information content (AvgIpc) is 2.88. The Morgan fingerprint density at radius 3 is 2.70 bits per heavy atom. The molecule has 2 rings (SSSR count). The predicted molar refractivity (Wildman–Crippen MR) is 74.7 cm³/mol. The van der Waals surface area contributed by atoms with Gasteiger partial charge < -0.3 is 19.9 Å². The molecular formula is C14H21N3O3. The zero-order chi connectivity index (χ0) is 14.4. The van der Waals surface area contributed by atoms with Crippen LogP contribution in [0.1, 0.15) is 29.8 Å². The van der Waals surface area contributed by atoms with Crippen LogP contribution in [0.3, 0.4) is 0 Å². The number of carboxylic acid groups (broad SMARTS) is 1. The molecule has 6 heteroatoms. The molecule has 6 nitrogen and oxygen atoms in total. The highest BCUT2D eigenvalue weighted by molar-refractivity contribution is 5.86. The van der Waals surface area contributed by atoms with Crippen LogP contribution < -0.4 is 5.32 Å². The van der Waals surface area contributed by atoms with Crippen molar-refractivity contribution in [3.8, 4) is 0 Å². The van der Waals surface area contributed by atoms with Gasteiger partial charge in [0.05, 0.1) is 0 Å². The zero-order valence-electron chi connectivity index (χ0n) is 11.5. The summed E-state index contributed by atoms with van der Waals surface area (Å²) in [4.78, 5) is 25.1. The van der Waals surface area contributed by atoms with Crippen molar-refractivity contribution in [2.45, 2.75) is 25.8 Å². The van der Waals surface area contributed by atoms with Crippen molar-refractivity contribution in [3.63, 3.8) is 0 Å². The maximum absolute atomic E-state index is 11.8. The van der Waals surface area contributed by atoms with E-state index in [-0.39, 0.29) is 18.1 Å². The second-order valence-electron chi connectivity index (χ2n) is 5.08. The number of hydrogen-bond donors (Lipinski definition) is 2. The van der Waals surface area contributed by atoms with E-state index in [1.54, 1.807) is 12.3 Å². The third-order valence-corrected chi connectivity index (χ3v) is 3.56. The lowest BCUT2D eigenvalue weighted by Crippen LogP contribution is -2.38. The molecule has 1 aliphatic rings. The maximum atomic E-state index is 11.8. The molecule has 0 radical (unpaired) electrons. The van der Waals surface area contributed by atoms with Gasteiger partial charge in [0.25, 0.3) is 0 Å². The summed E-state index contributed by atoms with van der Waals surface area (Å²) in [6, 6.07) is 3.12. The molecular weight excluding hydrogens is 258 g/mol. The number of aromatic nitrogens is 1. The van der Waals surface area contributed by atoms with Crippen LogP contribution in [0.5, 0.6) is 0 Å². The summed E-state index contributed by atoms with van der Waals surface area (Å²) in [6.45, 7) is 3.74. The topological polar surface area (TPSA) is 74.6 Å². The molecule has 0 aromatic carbocycles. The van der Waals surface area contributed by atoms with Gasteiger partial charge in [-0.05, 0) is 38.1 Å². The predicted octanol–water partition coefficient (Wildman–Crippen LogP) is 0.788. The minimum atomic E-state index is -1.02. The van der Waals surface area contributed by atoms with E-state index in [9.17, 15) is 9.59 Å². The van der Waals surface area contributed by atoms with Crippen LogP contribution in [-0.4, -0.2) is 52.6 Å². The molecule has 0 aliphatic carbocycles. The molecule has 0 unspecified atom stereocenters. The van der Waals surface area contributed by atoms with Crippen molar-refractivity contribution in [2.75, 3.05) is 26.2 Å². The van der Waals surface area contributed by atoms with Crippen molar-refractivity contribution in [2.24, 2.45) is 0 Å². The molecule has 0 spiro atoms. The van der Waals surface area contributed by atoms with Crippen molar-refractivity contribution < 1.29 is 14.7 Å². The average molecular weight is 279 g/mol. The second kappa shape index (κ2) is 7.09. The third kappa shape index (κ3) is 4.09. The summed E-state index contributed by atoms with van der Waals surface area (Å²) in [6.07, 6.45) is 5.38. The van der Waals surface area contributed by atoms with Crippen LogP contribution in [0.25, 0.3) is 0 Å². The van der Waals surface area contributed by atoms with E-state index in [4.69, 9.17) is 5.11 Å². The monoisotopic (exact) mass is 279 g/mol. The molecule has 1 aromatic rings. The molecule has 2 N–H and O–H groups in total. The summed E-state index contributed by atoms with van der Waals surface area (Å²) in [5.74, 6) is -1.17. The quantitative estimate of drug-likeness (QED) is 0.807. The molecule has 110 valence electrons. The van der Waals surface area contributed by atoms with E-state index in [0.717, 1.165) is 19.6 Å². The zero-order valence-corrected chi connectivity index (χ0v) is 11.5. The van der Waals surface area contributed by atoms with Crippen LogP contribution in [0, 0.1) is 0 Å². The Bertz CT molecular complexity index is 464. The number of nitrogens with one attached hydrogen (secondary N) is 1. The van der Waals surface area contributed by atoms with Gasteiger partial charge in [-0.3, -0.25) is 4.79 Å². The number of carbonyl (C=O) groups excluding carboxylic acids is 1. The molecule has 0 atom stereocenters. The van der Waals surface area contributed by atoms with E-state index in [2.05, 4.69) is 10.2 Å². The lowest BCUT2D eigenvalue weighted by Gasteiger charge is -2.26. The van der Waals surface area contributed by atoms with E-state index >= 15 is 0 Å². The normalized spacial score (nSPS) is 16.0. The first-order valence-corrected chi connectivity index (χ1v) is 7.04. The first-order chi connectivity index (χ1) is 9.66. The van der Waals surface area contributed by atoms with E-state index < -0.39 is 5.97 Å². The number of nitrogens with zero attached hydrogens (tertiary/aromatic N) is 2. The Hall–Kier alpha value is -1.82. The van der Waals surface area contributed by atoms with Crippen LogP contribution >= 0.6 is 0 Å². The van der Waals surface area contributed by atoms with Crippen LogP contribution in [0.4, 0.5) is 0 Å². The molecule has 2 heterocycles. The highest BCUT2D eigenvalue weighted by Crippen LogP contribution is 2.07. The SMILES string of the molecule is O=C(Cn1cccc1C(=O)O)NCCN1CCCCC1. The number of likely N-dealkylation sites (tertiary alicyclic amines) is 1. The minimum Gasteiger partial charge on any atom is -0.477 e. The van der Waals surface area contributed by atoms with Gasteiger partial charge in [-0.2, -0.15) is 0 Å². The first-order valence-electron chi connectivity index (χ1n) is 7.04. The highest BCUT2D eigenvalue weighted by atomic mass is 16.4. The smallest absolute Gasteiger partial charge is 0.352 e. The highest BCUT2D eigenvalue weighted by Gasteiger charge is 2.12. The van der Waals surface area contributed by atoms with Crippen molar-refractivity contribution in [3.05, 3.63) is 24.0 Å². The van der Waals surface area contributed by atoms with Gasteiger partial charge in [-0.25, -0.2) is 4.79 Å². The molecule has 0 saturated carbocycles. The number of amides is 1. The number of hydrogen-bond acceptors (Lipinski definition) is 3. The Balaban J connectivity index is 1.72. The lowest BCUT2D eigenvalue weighted by atomic mass is 10.1. The van der Waals surface area contributed by atoms with Crippen LogP contribution in [0.15, 0.2) is 18.3 Å². The second-order valence-corrected chi connectivity index (χ2v) is 5.08. The number of carboxylic acids is 1. The fourth-order valence-corrected chi connectivity index (χ4v) is 2.49. The van der Waals surface area contributed by atoms with Crippen LogP contribution in [0.2, 0.25) is 0 Å². The summed E-state index contributed by atoms with van der Waals surface area (Å²) >= 11 is 0. The number of piperidine rings is 1. The summed E-state index contributed by atoms with van der Waals surface area (Å²) in [5.41, 5.74) is 0.135. The first kappa shape index (κ1) is 14.6. The fourth-order valence-electron chi connectivity index (χ4n) is 2.49. The molecule has 1 aromatic heterocycles.